The number of aryl methyl sites for hydroxylation is 2. The maximum Gasteiger partial charge on any atom is 0.253 e. The number of hydrogen-bond donors (Lipinski definition) is 0. The van der Waals surface area contributed by atoms with Crippen molar-refractivity contribution in [3.63, 3.8) is 0 Å². The minimum Gasteiger partial charge on any atom is -0.352 e. The van der Waals surface area contributed by atoms with Gasteiger partial charge in [0.2, 0.25) is 0 Å². The Morgan fingerprint density at radius 1 is 1.00 bits per heavy atom. The van der Waals surface area contributed by atoms with Crippen molar-refractivity contribution >= 4 is 11.7 Å². The highest BCUT2D eigenvalue weighted by Crippen LogP contribution is 2.23. The maximum atomic E-state index is 12.9. The van der Waals surface area contributed by atoms with Crippen molar-refractivity contribution in [2.24, 2.45) is 0 Å². The first-order chi connectivity index (χ1) is 14.3. The molecule has 29 heavy (non-hydrogen) atoms. The minimum absolute atomic E-state index is 0.0962. The van der Waals surface area contributed by atoms with Crippen molar-refractivity contribution in [2.45, 2.75) is 25.8 Å². The number of carbonyl (C=O) groups is 1. The molecule has 0 saturated carbocycles. The van der Waals surface area contributed by atoms with Crippen LogP contribution in [0.15, 0.2) is 49.1 Å². The zero-order valence-electron chi connectivity index (χ0n) is 16.4. The molecular weight excluding hydrogens is 364 g/mol. The van der Waals surface area contributed by atoms with Crippen molar-refractivity contribution in [3.8, 4) is 0 Å². The number of hydrogen-bond acceptors (Lipinski definition) is 5. The summed E-state index contributed by atoms with van der Waals surface area (Å²) in [5.41, 5.74) is 4.38. The summed E-state index contributed by atoms with van der Waals surface area (Å²) in [5, 5.41) is 8.80. The highest BCUT2D eigenvalue weighted by Gasteiger charge is 2.24. The average molecular weight is 388 g/mol. The molecule has 1 aromatic carbocycles. The van der Waals surface area contributed by atoms with Crippen molar-refractivity contribution in [1.29, 1.82) is 0 Å². The Bertz CT molecular complexity index is 991. The minimum atomic E-state index is 0.0962. The molecule has 3 aromatic rings. The van der Waals surface area contributed by atoms with E-state index in [2.05, 4.69) is 26.1 Å². The van der Waals surface area contributed by atoms with Gasteiger partial charge < -0.3 is 14.4 Å². The van der Waals surface area contributed by atoms with Crippen LogP contribution in [0.5, 0.6) is 0 Å². The van der Waals surface area contributed by atoms with E-state index < -0.39 is 0 Å². The summed E-state index contributed by atoms with van der Waals surface area (Å²) in [5.74, 6) is 1.04. The number of piperazine rings is 1. The van der Waals surface area contributed by atoms with E-state index in [4.69, 9.17) is 0 Å². The first-order valence-electron chi connectivity index (χ1n) is 10.2. The lowest BCUT2D eigenvalue weighted by molar-refractivity contribution is 0.0746. The zero-order valence-corrected chi connectivity index (χ0v) is 16.4. The van der Waals surface area contributed by atoms with Crippen LogP contribution >= 0.6 is 0 Å². The Morgan fingerprint density at radius 2 is 1.83 bits per heavy atom. The van der Waals surface area contributed by atoms with E-state index in [1.54, 1.807) is 12.5 Å². The summed E-state index contributed by atoms with van der Waals surface area (Å²) in [6, 6.07) is 10.1. The second-order valence-electron chi connectivity index (χ2n) is 7.74. The van der Waals surface area contributed by atoms with Gasteiger partial charge in [-0.2, -0.15) is 5.10 Å². The van der Waals surface area contributed by atoms with Crippen LogP contribution in [0.3, 0.4) is 0 Å². The molecular formula is C22H24N6O. The molecule has 1 fully saturated rings. The second kappa shape index (κ2) is 7.66. The van der Waals surface area contributed by atoms with Gasteiger partial charge in [0.05, 0.1) is 12.0 Å². The number of aromatic nitrogens is 4. The third kappa shape index (κ3) is 3.72. The highest BCUT2D eigenvalue weighted by atomic mass is 16.2. The number of benzene rings is 1. The lowest BCUT2D eigenvalue weighted by atomic mass is 10.1. The summed E-state index contributed by atoms with van der Waals surface area (Å²) >= 11 is 0. The molecule has 0 spiro atoms. The lowest BCUT2D eigenvalue weighted by Crippen LogP contribution is -2.49. The van der Waals surface area contributed by atoms with Gasteiger partial charge >= 0.3 is 0 Å². The Labute approximate surface area is 170 Å². The van der Waals surface area contributed by atoms with Crippen LogP contribution in [0, 0.1) is 0 Å². The van der Waals surface area contributed by atoms with E-state index in [0.29, 0.717) is 13.1 Å². The zero-order chi connectivity index (χ0) is 19.6. The van der Waals surface area contributed by atoms with E-state index in [1.807, 2.05) is 39.9 Å². The van der Waals surface area contributed by atoms with Crippen molar-refractivity contribution < 1.29 is 4.79 Å². The summed E-state index contributed by atoms with van der Waals surface area (Å²) < 4.78 is 2.01. The third-order valence-electron chi connectivity index (χ3n) is 5.82. The molecule has 0 bridgehead atoms. The molecule has 7 nitrogen and oxygen atoms in total. The number of imidazole rings is 1. The Kier molecular flexibility index (Phi) is 4.71. The molecule has 0 N–H and O–H groups in total. The van der Waals surface area contributed by atoms with Crippen molar-refractivity contribution in [3.05, 3.63) is 71.4 Å². The molecule has 2 aromatic heterocycles. The quantitative estimate of drug-likeness (QED) is 0.685. The van der Waals surface area contributed by atoms with Gasteiger partial charge in [-0.15, -0.1) is 5.10 Å². The van der Waals surface area contributed by atoms with E-state index in [-0.39, 0.29) is 5.91 Å². The number of carbonyl (C=O) groups excluding carboxylic acids is 1. The molecule has 0 atom stereocenters. The molecule has 5 rings (SSSR count). The van der Waals surface area contributed by atoms with Gasteiger partial charge in [-0.1, -0.05) is 12.1 Å². The van der Waals surface area contributed by atoms with E-state index in [1.165, 1.54) is 12.0 Å². The smallest absolute Gasteiger partial charge is 0.253 e. The summed E-state index contributed by atoms with van der Waals surface area (Å²) in [6.07, 6.45) is 8.83. The Balaban J connectivity index is 1.20. The standard InChI is InChI=1S/C22H24N6O/c29-22(18-6-4-17(5-7-18)15-26-9-8-23-16-26)28-12-10-27(11-13-28)21-14-19-2-1-3-20(19)24-25-21/h4-9,14,16H,1-3,10-13,15H2. The van der Waals surface area contributed by atoms with Gasteiger partial charge in [-0.25, -0.2) is 4.98 Å². The van der Waals surface area contributed by atoms with E-state index >= 15 is 0 Å². The fourth-order valence-electron chi connectivity index (χ4n) is 4.14. The summed E-state index contributed by atoms with van der Waals surface area (Å²) in [4.78, 5) is 21.1. The average Bonchev–Trinajstić information content (AvgIpc) is 3.45. The molecule has 1 aliphatic heterocycles. The van der Waals surface area contributed by atoms with Gasteiger partial charge in [-0.05, 0) is 48.6 Å². The number of fused-ring (bicyclic) bond motifs is 1. The maximum absolute atomic E-state index is 12.9. The molecule has 3 heterocycles. The van der Waals surface area contributed by atoms with Gasteiger partial charge in [0.1, 0.15) is 0 Å². The monoisotopic (exact) mass is 388 g/mol. The third-order valence-corrected chi connectivity index (χ3v) is 5.82. The molecule has 1 aliphatic carbocycles. The van der Waals surface area contributed by atoms with Crippen molar-refractivity contribution in [2.75, 3.05) is 31.1 Å². The number of anilines is 1. The predicted molar refractivity (Wildman–Crippen MR) is 110 cm³/mol. The van der Waals surface area contributed by atoms with Gasteiger partial charge in [0, 0.05) is 50.7 Å². The Hall–Kier alpha value is -3.22. The lowest BCUT2D eigenvalue weighted by Gasteiger charge is -2.35. The molecule has 1 amide bonds. The number of amides is 1. The molecule has 0 unspecified atom stereocenters. The van der Waals surface area contributed by atoms with E-state index in [9.17, 15) is 4.79 Å². The van der Waals surface area contributed by atoms with Gasteiger partial charge in [0.25, 0.3) is 5.91 Å². The van der Waals surface area contributed by atoms with Gasteiger partial charge in [-0.3, -0.25) is 4.79 Å². The fraction of sp³-hybridized carbons (Fsp3) is 0.364. The number of rotatable bonds is 4. The largest absolute Gasteiger partial charge is 0.352 e. The second-order valence-corrected chi connectivity index (χ2v) is 7.74. The normalized spacial score (nSPS) is 16.1. The van der Waals surface area contributed by atoms with Crippen LogP contribution in [0.2, 0.25) is 0 Å². The van der Waals surface area contributed by atoms with Crippen LogP contribution in [-0.2, 0) is 19.4 Å². The Morgan fingerprint density at radius 3 is 2.59 bits per heavy atom. The van der Waals surface area contributed by atoms with Crippen LogP contribution in [-0.4, -0.2) is 56.7 Å². The molecule has 0 radical (unpaired) electrons. The van der Waals surface area contributed by atoms with Crippen LogP contribution in [0.25, 0.3) is 0 Å². The van der Waals surface area contributed by atoms with Crippen LogP contribution in [0.4, 0.5) is 5.82 Å². The van der Waals surface area contributed by atoms with E-state index in [0.717, 1.165) is 55.1 Å². The van der Waals surface area contributed by atoms with Crippen LogP contribution in [0.1, 0.15) is 33.6 Å². The highest BCUT2D eigenvalue weighted by molar-refractivity contribution is 5.94. The topological polar surface area (TPSA) is 67.2 Å². The fourth-order valence-corrected chi connectivity index (χ4v) is 4.14. The predicted octanol–water partition coefficient (Wildman–Crippen LogP) is 2.17. The SMILES string of the molecule is O=C(c1ccc(Cn2ccnc2)cc1)N1CCN(c2cc3c(nn2)CCC3)CC1. The molecule has 1 saturated heterocycles. The first-order valence-corrected chi connectivity index (χ1v) is 10.2. The molecule has 148 valence electrons. The molecule has 2 aliphatic rings. The summed E-state index contributed by atoms with van der Waals surface area (Å²) in [7, 11) is 0. The molecule has 7 heteroatoms. The summed E-state index contributed by atoms with van der Waals surface area (Å²) in [6.45, 7) is 3.74. The van der Waals surface area contributed by atoms with Crippen LogP contribution < -0.4 is 4.90 Å². The number of nitrogens with zero attached hydrogens (tertiary/aromatic N) is 6. The van der Waals surface area contributed by atoms with Gasteiger partial charge in [0.15, 0.2) is 5.82 Å². The van der Waals surface area contributed by atoms with Crippen molar-refractivity contribution in [1.82, 2.24) is 24.6 Å². The first kappa shape index (κ1) is 17.8.